The largest absolute Gasteiger partial charge is 0.496 e. The normalized spacial score (nSPS) is 10.8. The first-order valence-electron chi connectivity index (χ1n) is 6.62. The molecule has 3 rings (SSSR count). The zero-order valence-corrected chi connectivity index (χ0v) is 13.0. The van der Waals surface area contributed by atoms with E-state index in [-0.39, 0.29) is 11.5 Å². The maximum Gasteiger partial charge on any atom is 0.176 e. The zero-order chi connectivity index (χ0) is 15.5. The number of aromatic nitrogens is 4. The number of para-hydroxylation sites is 1. The number of methoxy groups -OCH3 is 1. The molecule has 2 heterocycles. The van der Waals surface area contributed by atoms with E-state index in [2.05, 4.69) is 15.1 Å². The smallest absolute Gasteiger partial charge is 0.176 e. The highest BCUT2D eigenvalue weighted by Crippen LogP contribution is 2.26. The van der Waals surface area contributed by atoms with Gasteiger partial charge in [-0.1, -0.05) is 23.9 Å². The van der Waals surface area contributed by atoms with Crippen molar-refractivity contribution >= 4 is 28.6 Å². The van der Waals surface area contributed by atoms with Gasteiger partial charge in [0, 0.05) is 7.05 Å². The molecule has 0 aliphatic carbocycles. The Morgan fingerprint density at radius 1 is 1.32 bits per heavy atom. The number of ether oxygens (including phenoxy) is 1. The number of aryl methyl sites for hydroxylation is 1. The number of thioether (sulfide) groups is 1. The van der Waals surface area contributed by atoms with Crippen molar-refractivity contribution in [3.8, 4) is 5.75 Å². The van der Waals surface area contributed by atoms with Crippen molar-refractivity contribution in [3.05, 3.63) is 42.4 Å². The predicted molar refractivity (Wildman–Crippen MR) is 84.4 cm³/mol. The second kappa shape index (κ2) is 6.15. The molecular weight excluding hydrogens is 300 g/mol. The predicted octanol–water partition coefficient (Wildman–Crippen LogP) is 2.35. The fraction of sp³-hybridized carbons (Fsp3) is 0.200. The highest BCUT2D eigenvalue weighted by Gasteiger charge is 2.14. The Balaban J connectivity index is 1.81. The summed E-state index contributed by atoms with van der Waals surface area (Å²) in [5.74, 6) is 0.863. The summed E-state index contributed by atoms with van der Waals surface area (Å²) in [5, 5.41) is 5.77. The minimum Gasteiger partial charge on any atom is -0.496 e. The molecule has 0 N–H and O–H groups in total. The second-order valence-corrected chi connectivity index (χ2v) is 5.56. The van der Waals surface area contributed by atoms with Crippen LogP contribution in [-0.4, -0.2) is 38.4 Å². The van der Waals surface area contributed by atoms with Gasteiger partial charge in [0.15, 0.2) is 11.4 Å². The molecule has 0 fully saturated rings. The van der Waals surface area contributed by atoms with Crippen molar-refractivity contribution in [1.29, 1.82) is 0 Å². The van der Waals surface area contributed by atoms with E-state index in [0.717, 1.165) is 16.1 Å². The first-order chi connectivity index (χ1) is 10.7. The van der Waals surface area contributed by atoms with Gasteiger partial charge in [0.05, 0.1) is 30.0 Å². The molecule has 1 aromatic carbocycles. The molecule has 0 amide bonds. The van der Waals surface area contributed by atoms with E-state index in [1.165, 1.54) is 18.1 Å². The first-order valence-corrected chi connectivity index (χ1v) is 7.61. The molecule has 0 radical (unpaired) electrons. The summed E-state index contributed by atoms with van der Waals surface area (Å²) in [4.78, 5) is 20.8. The zero-order valence-electron chi connectivity index (χ0n) is 12.2. The van der Waals surface area contributed by atoms with E-state index in [0.29, 0.717) is 11.3 Å². The van der Waals surface area contributed by atoms with Crippen LogP contribution in [0.1, 0.15) is 10.4 Å². The molecule has 0 unspecified atom stereocenters. The quantitative estimate of drug-likeness (QED) is 0.409. The van der Waals surface area contributed by atoms with Gasteiger partial charge >= 0.3 is 0 Å². The Morgan fingerprint density at radius 2 is 2.14 bits per heavy atom. The maximum atomic E-state index is 12.4. The number of hydrogen-bond donors (Lipinski definition) is 0. The number of hydrogen-bond acceptors (Lipinski definition) is 6. The highest BCUT2D eigenvalue weighted by atomic mass is 32.2. The summed E-state index contributed by atoms with van der Waals surface area (Å²) in [6.07, 6.45) is 3.20. The monoisotopic (exact) mass is 314 g/mol. The number of nitrogens with zero attached hydrogens (tertiary/aromatic N) is 4. The molecule has 0 aliphatic heterocycles. The van der Waals surface area contributed by atoms with E-state index in [1.54, 1.807) is 30.1 Å². The SMILES string of the molecule is COc1ccccc1C(=O)CSc1ncnc2c1cnn2C. The fourth-order valence-electron chi connectivity index (χ4n) is 2.14. The molecule has 22 heavy (non-hydrogen) atoms. The van der Waals surface area contributed by atoms with Crippen molar-refractivity contribution in [1.82, 2.24) is 19.7 Å². The van der Waals surface area contributed by atoms with Crippen LogP contribution in [-0.2, 0) is 7.05 Å². The third kappa shape index (κ3) is 2.67. The van der Waals surface area contributed by atoms with Crippen molar-refractivity contribution in [2.75, 3.05) is 12.9 Å². The number of Topliss-reactive ketones (excluding diaryl/α,β-unsaturated/α-hetero) is 1. The topological polar surface area (TPSA) is 69.9 Å². The summed E-state index contributed by atoms with van der Waals surface area (Å²) in [6.45, 7) is 0. The summed E-state index contributed by atoms with van der Waals surface area (Å²) in [5.41, 5.74) is 1.33. The number of fused-ring (bicyclic) bond motifs is 1. The Morgan fingerprint density at radius 3 is 2.95 bits per heavy atom. The Hall–Kier alpha value is -2.41. The van der Waals surface area contributed by atoms with E-state index < -0.39 is 0 Å². The lowest BCUT2D eigenvalue weighted by Gasteiger charge is -2.07. The highest BCUT2D eigenvalue weighted by molar-refractivity contribution is 8.00. The fourth-order valence-corrected chi connectivity index (χ4v) is 2.99. The molecule has 0 bridgehead atoms. The summed E-state index contributed by atoms with van der Waals surface area (Å²) in [6, 6.07) is 7.21. The third-order valence-electron chi connectivity index (χ3n) is 3.24. The lowest BCUT2D eigenvalue weighted by atomic mass is 10.1. The molecule has 0 atom stereocenters. The van der Waals surface area contributed by atoms with Gasteiger partial charge < -0.3 is 4.74 Å². The molecular formula is C15H14N4O2S. The number of rotatable bonds is 5. The molecule has 0 saturated carbocycles. The van der Waals surface area contributed by atoms with E-state index in [1.807, 2.05) is 19.2 Å². The van der Waals surface area contributed by atoms with Crippen LogP contribution in [0.5, 0.6) is 5.75 Å². The number of carbonyl (C=O) groups is 1. The van der Waals surface area contributed by atoms with Crippen LogP contribution in [0.25, 0.3) is 11.0 Å². The Kier molecular flexibility index (Phi) is 4.06. The van der Waals surface area contributed by atoms with Gasteiger partial charge in [0.2, 0.25) is 0 Å². The van der Waals surface area contributed by atoms with E-state index in [4.69, 9.17) is 4.74 Å². The van der Waals surface area contributed by atoms with Crippen LogP contribution in [0.15, 0.2) is 41.8 Å². The van der Waals surface area contributed by atoms with Crippen molar-refractivity contribution in [3.63, 3.8) is 0 Å². The molecule has 0 saturated heterocycles. The number of ketones is 1. The van der Waals surface area contributed by atoms with Crippen molar-refractivity contribution in [2.24, 2.45) is 7.05 Å². The molecule has 0 spiro atoms. The van der Waals surface area contributed by atoms with Gasteiger partial charge in [-0.15, -0.1) is 0 Å². The number of carbonyl (C=O) groups excluding carboxylic acids is 1. The first kappa shape index (κ1) is 14.5. The lowest BCUT2D eigenvalue weighted by molar-refractivity contribution is 0.101. The molecule has 2 aromatic heterocycles. The lowest BCUT2D eigenvalue weighted by Crippen LogP contribution is -2.05. The van der Waals surface area contributed by atoms with Crippen molar-refractivity contribution < 1.29 is 9.53 Å². The van der Waals surface area contributed by atoms with Gasteiger partial charge in [-0.05, 0) is 12.1 Å². The Labute approximate surface area is 131 Å². The number of benzene rings is 1. The van der Waals surface area contributed by atoms with Crippen LogP contribution in [0.4, 0.5) is 0 Å². The summed E-state index contributed by atoms with van der Waals surface area (Å²) < 4.78 is 6.91. The minimum absolute atomic E-state index is 0.00176. The maximum absolute atomic E-state index is 12.4. The van der Waals surface area contributed by atoms with Gasteiger partial charge in [0.25, 0.3) is 0 Å². The van der Waals surface area contributed by atoms with Gasteiger partial charge in [0.1, 0.15) is 17.1 Å². The van der Waals surface area contributed by atoms with Crippen LogP contribution in [0.2, 0.25) is 0 Å². The van der Waals surface area contributed by atoms with Crippen molar-refractivity contribution in [2.45, 2.75) is 5.03 Å². The van der Waals surface area contributed by atoms with Crippen LogP contribution < -0.4 is 4.74 Å². The molecule has 6 nitrogen and oxygen atoms in total. The standard InChI is InChI=1S/C15H14N4O2S/c1-19-14-11(7-18-19)15(17-9-16-14)22-8-12(20)10-5-3-4-6-13(10)21-2/h3-7,9H,8H2,1-2H3. The van der Waals surface area contributed by atoms with Crippen LogP contribution in [0, 0.1) is 0 Å². The molecule has 7 heteroatoms. The molecule has 0 aliphatic rings. The van der Waals surface area contributed by atoms with E-state index >= 15 is 0 Å². The van der Waals surface area contributed by atoms with Crippen LogP contribution in [0.3, 0.4) is 0 Å². The average Bonchev–Trinajstić information content (AvgIpc) is 2.94. The second-order valence-electron chi connectivity index (χ2n) is 4.60. The van der Waals surface area contributed by atoms with Gasteiger partial charge in [-0.25, -0.2) is 9.97 Å². The third-order valence-corrected chi connectivity index (χ3v) is 4.25. The Bertz CT molecular complexity index is 831. The van der Waals surface area contributed by atoms with Gasteiger partial charge in [-0.3, -0.25) is 9.48 Å². The average molecular weight is 314 g/mol. The van der Waals surface area contributed by atoms with Crippen LogP contribution >= 0.6 is 11.8 Å². The van der Waals surface area contributed by atoms with E-state index in [9.17, 15) is 4.79 Å². The van der Waals surface area contributed by atoms with Gasteiger partial charge in [-0.2, -0.15) is 5.10 Å². The minimum atomic E-state index is -0.00176. The molecule has 3 aromatic rings. The summed E-state index contributed by atoms with van der Waals surface area (Å²) in [7, 11) is 3.38. The molecule has 112 valence electrons. The summed E-state index contributed by atoms with van der Waals surface area (Å²) >= 11 is 1.38.